The summed E-state index contributed by atoms with van der Waals surface area (Å²) in [6.07, 6.45) is 1.81. The van der Waals surface area contributed by atoms with E-state index in [9.17, 15) is 5.11 Å². The van der Waals surface area contributed by atoms with Gasteiger partial charge in [0.25, 0.3) is 0 Å². The number of pyridine rings is 1. The SMILES string of the molecule is CC(C)(C)c1ccc(O)c(C(=N)c2ccccc2Nc2cc(-c3ccccc3)cc(-c3cccc4cn[nH]c34)n2)c1. The van der Waals surface area contributed by atoms with E-state index < -0.39 is 0 Å². The zero-order valence-corrected chi connectivity index (χ0v) is 23.2. The number of phenols is 1. The van der Waals surface area contributed by atoms with Crippen LogP contribution in [0.1, 0.15) is 37.5 Å². The second-order valence-electron chi connectivity index (χ2n) is 11.2. The molecule has 0 fully saturated rings. The van der Waals surface area contributed by atoms with Crippen LogP contribution >= 0.6 is 0 Å². The van der Waals surface area contributed by atoms with E-state index >= 15 is 0 Å². The number of hydrogen-bond acceptors (Lipinski definition) is 5. The van der Waals surface area contributed by atoms with Gasteiger partial charge in [0.05, 0.1) is 23.1 Å². The Morgan fingerprint density at radius 3 is 2.39 bits per heavy atom. The van der Waals surface area contributed by atoms with Gasteiger partial charge in [-0.1, -0.05) is 93.6 Å². The smallest absolute Gasteiger partial charge is 0.131 e. The number of H-pyrrole nitrogens is 1. The maximum absolute atomic E-state index is 10.7. The first-order valence-electron chi connectivity index (χ1n) is 13.6. The van der Waals surface area contributed by atoms with Gasteiger partial charge in [-0.25, -0.2) is 4.98 Å². The number of anilines is 2. The van der Waals surface area contributed by atoms with Gasteiger partial charge in [-0.3, -0.25) is 10.5 Å². The normalized spacial score (nSPS) is 11.5. The molecule has 0 amide bonds. The summed E-state index contributed by atoms with van der Waals surface area (Å²) in [4.78, 5) is 5.01. The molecule has 6 heteroatoms. The van der Waals surface area contributed by atoms with Gasteiger partial charge in [-0.2, -0.15) is 5.10 Å². The molecular weight excluding hydrogens is 506 g/mol. The molecular formula is C35H31N5O. The first kappa shape index (κ1) is 26.0. The van der Waals surface area contributed by atoms with Gasteiger partial charge in [-0.15, -0.1) is 0 Å². The first-order chi connectivity index (χ1) is 19.8. The van der Waals surface area contributed by atoms with Crippen molar-refractivity contribution < 1.29 is 5.11 Å². The fraction of sp³-hybridized carbons (Fsp3) is 0.114. The molecule has 6 nitrogen and oxygen atoms in total. The van der Waals surface area contributed by atoms with E-state index in [-0.39, 0.29) is 16.9 Å². The van der Waals surface area contributed by atoms with Crippen LogP contribution in [0.2, 0.25) is 0 Å². The van der Waals surface area contributed by atoms with Crippen LogP contribution in [0.4, 0.5) is 11.5 Å². The van der Waals surface area contributed by atoms with Gasteiger partial charge in [0, 0.05) is 27.8 Å². The molecule has 0 bridgehead atoms. The first-order valence-corrected chi connectivity index (χ1v) is 13.6. The van der Waals surface area contributed by atoms with E-state index in [1.807, 2.05) is 85.1 Å². The minimum atomic E-state index is -0.115. The number of fused-ring (bicyclic) bond motifs is 1. The third kappa shape index (κ3) is 5.20. The van der Waals surface area contributed by atoms with Crippen molar-refractivity contribution in [3.63, 3.8) is 0 Å². The van der Waals surface area contributed by atoms with Crippen molar-refractivity contribution in [2.24, 2.45) is 0 Å². The Kier molecular flexibility index (Phi) is 6.59. The highest BCUT2D eigenvalue weighted by atomic mass is 16.3. The Morgan fingerprint density at radius 1 is 0.805 bits per heavy atom. The predicted molar refractivity (Wildman–Crippen MR) is 167 cm³/mol. The zero-order valence-electron chi connectivity index (χ0n) is 23.2. The number of nitrogens with zero attached hydrogens (tertiary/aromatic N) is 2. The summed E-state index contributed by atoms with van der Waals surface area (Å²) in [6, 6.07) is 33.5. The number of nitrogens with one attached hydrogen (secondary N) is 3. The lowest BCUT2D eigenvalue weighted by atomic mass is 9.85. The van der Waals surface area contributed by atoms with E-state index in [2.05, 4.69) is 54.5 Å². The highest BCUT2D eigenvalue weighted by Crippen LogP contribution is 2.34. The van der Waals surface area contributed by atoms with Gasteiger partial charge in [-0.05, 0) is 52.4 Å². The molecule has 202 valence electrons. The number of rotatable bonds is 6. The third-order valence-electron chi connectivity index (χ3n) is 7.28. The van der Waals surface area contributed by atoms with Crippen LogP contribution in [0.3, 0.4) is 0 Å². The lowest BCUT2D eigenvalue weighted by Gasteiger charge is -2.21. The molecule has 0 radical (unpaired) electrons. The summed E-state index contributed by atoms with van der Waals surface area (Å²) in [5.74, 6) is 0.725. The average Bonchev–Trinajstić information content (AvgIpc) is 3.46. The number of aromatic nitrogens is 3. The van der Waals surface area contributed by atoms with E-state index in [0.29, 0.717) is 16.9 Å². The maximum atomic E-state index is 10.7. The molecule has 6 rings (SSSR count). The molecule has 0 aliphatic carbocycles. The van der Waals surface area contributed by atoms with E-state index in [4.69, 9.17) is 10.4 Å². The Hall–Kier alpha value is -5.23. The van der Waals surface area contributed by atoms with Crippen molar-refractivity contribution >= 4 is 28.1 Å². The lowest BCUT2D eigenvalue weighted by Crippen LogP contribution is -2.13. The molecule has 0 spiro atoms. The van der Waals surface area contributed by atoms with Crippen molar-refractivity contribution in [2.75, 3.05) is 5.32 Å². The highest BCUT2D eigenvalue weighted by Gasteiger charge is 2.20. The molecule has 2 aromatic heterocycles. The van der Waals surface area contributed by atoms with Gasteiger partial charge in [0.15, 0.2) is 0 Å². The standard InChI is InChI=1S/C35H31N5O/c1-35(2,3)25-16-17-31(41)28(20-25)33(36)26-13-7-8-15-29(26)38-32-19-24(22-10-5-4-6-11-22)18-30(39-32)27-14-9-12-23-21-37-40-34(23)27/h4-21,36,41H,1-3H3,(H,37,40)(H,38,39). The van der Waals surface area contributed by atoms with Crippen LogP contribution in [0.15, 0.2) is 109 Å². The second-order valence-corrected chi connectivity index (χ2v) is 11.2. The Balaban J connectivity index is 1.45. The fourth-order valence-electron chi connectivity index (χ4n) is 5.01. The van der Waals surface area contributed by atoms with Gasteiger partial charge in [0.1, 0.15) is 11.6 Å². The van der Waals surface area contributed by atoms with Crippen LogP contribution in [0.25, 0.3) is 33.3 Å². The molecule has 0 aliphatic heterocycles. The summed E-state index contributed by atoms with van der Waals surface area (Å²) < 4.78 is 0. The molecule has 2 heterocycles. The topological polar surface area (TPSA) is 97.7 Å². The second kappa shape index (κ2) is 10.4. The highest BCUT2D eigenvalue weighted by molar-refractivity contribution is 6.15. The summed E-state index contributed by atoms with van der Waals surface area (Å²) in [7, 11) is 0. The molecule has 4 N–H and O–H groups in total. The zero-order chi connectivity index (χ0) is 28.6. The average molecular weight is 538 g/mol. The van der Waals surface area contributed by atoms with Gasteiger partial charge >= 0.3 is 0 Å². The van der Waals surface area contributed by atoms with Crippen molar-refractivity contribution in [1.29, 1.82) is 5.41 Å². The van der Waals surface area contributed by atoms with E-state index in [0.717, 1.165) is 44.5 Å². The molecule has 0 aliphatic rings. The quantitative estimate of drug-likeness (QED) is 0.160. The van der Waals surface area contributed by atoms with E-state index in [1.54, 1.807) is 6.07 Å². The lowest BCUT2D eigenvalue weighted by molar-refractivity contribution is 0.473. The van der Waals surface area contributed by atoms with Crippen LogP contribution < -0.4 is 5.32 Å². The third-order valence-corrected chi connectivity index (χ3v) is 7.28. The number of benzene rings is 4. The monoisotopic (exact) mass is 537 g/mol. The molecule has 0 atom stereocenters. The summed E-state index contributed by atoms with van der Waals surface area (Å²) in [6.45, 7) is 6.36. The Morgan fingerprint density at radius 2 is 1.59 bits per heavy atom. The minimum absolute atomic E-state index is 0.0805. The van der Waals surface area contributed by atoms with E-state index in [1.165, 1.54) is 0 Å². The minimum Gasteiger partial charge on any atom is -0.507 e. The molecule has 0 saturated carbocycles. The molecule has 0 saturated heterocycles. The molecule has 4 aromatic carbocycles. The molecule has 0 unspecified atom stereocenters. The van der Waals surface area contributed by atoms with Crippen molar-refractivity contribution in [2.45, 2.75) is 26.2 Å². The van der Waals surface area contributed by atoms with Gasteiger partial charge < -0.3 is 10.4 Å². The van der Waals surface area contributed by atoms with Crippen molar-refractivity contribution in [3.05, 3.63) is 126 Å². The van der Waals surface area contributed by atoms with Crippen molar-refractivity contribution in [3.8, 4) is 28.1 Å². The summed E-state index contributed by atoms with van der Waals surface area (Å²) in [5.41, 5.74) is 7.80. The summed E-state index contributed by atoms with van der Waals surface area (Å²) >= 11 is 0. The predicted octanol–water partition coefficient (Wildman–Crippen LogP) is 8.45. The fourth-order valence-corrected chi connectivity index (χ4v) is 5.01. The molecule has 41 heavy (non-hydrogen) atoms. The number of para-hydroxylation sites is 2. The largest absolute Gasteiger partial charge is 0.507 e. The van der Waals surface area contributed by atoms with Gasteiger partial charge in [0.2, 0.25) is 0 Å². The number of aromatic amines is 1. The van der Waals surface area contributed by atoms with Crippen LogP contribution in [0.5, 0.6) is 5.75 Å². The van der Waals surface area contributed by atoms with Crippen molar-refractivity contribution in [1.82, 2.24) is 15.2 Å². The number of aromatic hydroxyl groups is 1. The van der Waals surface area contributed by atoms with Crippen LogP contribution in [-0.4, -0.2) is 26.0 Å². The summed E-state index contributed by atoms with van der Waals surface area (Å²) in [5, 5.41) is 31.7. The molecule has 6 aromatic rings. The number of hydrogen-bond donors (Lipinski definition) is 4. The van der Waals surface area contributed by atoms with Crippen LogP contribution in [-0.2, 0) is 5.41 Å². The Labute approximate surface area is 239 Å². The Bertz CT molecular complexity index is 1880. The van der Waals surface area contributed by atoms with Crippen LogP contribution in [0, 0.1) is 5.41 Å². The number of phenolic OH excluding ortho intramolecular Hbond substituents is 1. The maximum Gasteiger partial charge on any atom is 0.131 e.